The molecule has 3 aromatic carbocycles. The minimum atomic E-state index is -3.97. The van der Waals surface area contributed by atoms with Gasteiger partial charge in [0.25, 0.3) is 15.9 Å². The van der Waals surface area contributed by atoms with Crippen LogP contribution in [0.2, 0.25) is 0 Å². The third-order valence-electron chi connectivity index (χ3n) is 5.05. The van der Waals surface area contributed by atoms with Gasteiger partial charge >= 0.3 is 0 Å². The molecule has 0 fully saturated rings. The normalized spacial score (nSPS) is 11.2. The van der Waals surface area contributed by atoms with Crippen LogP contribution in [-0.2, 0) is 14.8 Å². The molecule has 0 unspecified atom stereocenters. The lowest BCUT2D eigenvalue weighted by molar-refractivity contribution is -0.119. The zero-order valence-corrected chi connectivity index (χ0v) is 20.0. The Morgan fingerprint density at radius 1 is 1.03 bits per heavy atom. The molecular formula is C26H27N3O4S. The van der Waals surface area contributed by atoms with Crippen LogP contribution in [0.4, 0.5) is 5.69 Å². The van der Waals surface area contributed by atoms with Gasteiger partial charge in [-0.1, -0.05) is 36.9 Å². The van der Waals surface area contributed by atoms with E-state index < -0.39 is 22.5 Å². The van der Waals surface area contributed by atoms with Gasteiger partial charge in [0.05, 0.1) is 16.8 Å². The number of ether oxygens (including phenoxy) is 1. The van der Waals surface area contributed by atoms with Gasteiger partial charge in [0, 0.05) is 0 Å². The lowest BCUT2D eigenvalue weighted by Gasteiger charge is -2.24. The second kappa shape index (κ2) is 11.3. The summed E-state index contributed by atoms with van der Waals surface area (Å²) in [6.45, 7) is 7.42. The van der Waals surface area contributed by atoms with Crippen LogP contribution in [0.15, 0.2) is 95.4 Å². The molecule has 3 aromatic rings. The second-order valence-electron chi connectivity index (χ2n) is 7.56. The second-order valence-corrected chi connectivity index (χ2v) is 9.42. The van der Waals surface area contributed by atoms with Crippen molar-refractivity contribution in [1.82, 2.24) is 5.43 Å². The van der Waals surface area contributed by atoms with E-state index in [0.29, 0.717) is 18.0 Å². The van der Waals surface area contributed by atoms with Gasteiger partial charge in [-0.2, -0.15) is 5.10 Å². The summed E-state index contributed by atoms with van der Waals surface area (Å²) in [6, 6.07) is 20.4. The molecule has 0 bridgehead atoms. The highest BCUT2D eigenvalue weighted by molar-refractivity contribution is 7.92. The number of hydrogen-bond acceptors (Lipinski definition) is 5. The third kappa shape index (κ3) is 6.32. The van der Waals surface area contributed by atoms with Crippen LogP contribution < -0.4 is 14.5 Å². The Kier molecular flexibility index (Phi) is 8.21. The first-order chi connectivity index (χ1) is 16.3. The molecule has 0 aliphatic heterocycles. The Labute approximate surface area is 200 Å². The zero-order chi connectivity index (χ0) is 24.6. The van der Waals surface area contributed by atoms with Gasteiger partial charge in [-0.15, -0.1) is 0 Å². The van der Waals surface area contributed by atoms with Crippen molar-refractivity contribution in [3.8, 4) is 5.75 Å². The number of anilines is 1. The molecule has 0 aliphatic carbocycles. The first kappa shape index (κ1) is 24.7. The quantitative estimate of drug-likeness (QED) is 0.269. The summed E-state index contributed by atoms with van der Waals surface area (Å²) in [5, 5.41) is 3.96. The highest BCUT2D eigenvalue weighted by Gasteiger charge is 2.27. The SMILES string of the molecule is C=CCOc1ccc(/C=N\NC(=O)CN(c2ccc(C)c(C)c2)S(=O)(=O)c2ccccc2)cc1. The Balaban J connectivity index is 1.77. The fourth-order valence-electron chi connectivity index (χ4n) is 3.07. The highest BCUT2D eigenvalue weighted by Crippen LogP contribution is 2.25. The minimum absolute atomic E-state index is 0.100. The van der Waals surface area contributed by atoms with Crippen molar-refractivity contribution in [3.05, 3.63) is 102 Å². The summed E-state index contributed by atoms with van der Waals surface area (Å²) in [4.78, 5) is 12.8. The average molecular weight is 478 g/mol. The number of hydrazone groups is 1. The number of nitrogens with zero attached hydrogens (tertiary/aromatic N) is 2. The van der Waals surface area contributed by atoms with E-state index in [1.54, 1.807) is 60.7 Å². The first-order valence-electron chi connectivity index (χ1n) is 10.6. The van der Waals surface area contributed by atoms with Crippen molar-refractivity contribution in [2.75, 3.05) is 17.5 Å². The lowest BCUT2D eigenvalue weighted by Crippen LogP contribution is -2.39. The largest absolute Gasteiger partial charge is 0.490 e. The number of sulfonamides is 1. The standard InChI is InChI=1S/C26H27N3O4S/c1-4-16-33-24-14-11-22(12-15-24)18-27-28-26(30)19-29(23-13-10-20(2)21(3)17-23)34(31,32)25-8-6-5-7-9-25/h4-15,17-18H,1,16,19H2,2-3H3,(H,28,30)/b27-18-. The summed E-state index contributed by atoms with van der Waals surface area (Å²) in [5.41, 5.74) is 5.50. The summed E-state index contributed by atoms with van der Waals surface area (Å²) in [5.74, 6) is 0.121. The fraction of sp³-hybridized carbons (Fsp3) is 0.154. The minimum Gasteiger partial charge on any atom is -0.490 e. The van der Waals surface area contributed by atoms with Crippen LogP contribution in [0.25, 0.3) is 0 Å². The number of nitrogens with one attached hydrogen (secondary N) is 1. The van der Waals surface area contributed by atoms with E-state index in [1.165, 1.54) is 18.3 Å². The molecule has 0 spiro atoms. The van der Waals surface area contributed by atoms with Gasteiger partial charge in [-0.3, -0.25) is 9.10 Å². The van der Waals surface area contributed by atoms with Crippen LogP contribution in [0.3, 0.4) is 0 Å². The predicted octanol–water partition coefficient (Wildman–Crippen LogP) is 4.21. The molecule has 0 saturated carbocycles. The van der Waals surface area contributed by atoms with Gasteiger partial charge in [0.2, 0.25) is 0 Å². The molecule has 0 atom stereocenters. The maximum Gasteiger partial charge on any atom is 0.264 e. The van der Waals surface area contributed by atoms with Crippen LogP contribution >= 0.6 is 0 Å². The molecule has 0 radical (unpaired) electrons. The van der Waals surface area contributed by atoms with E-state index in [2.05, 4.69) is 17.1 Å². The summed E-state index contributed by atoms with van der Waals surface area (Å²) in [6.07, 6.45) is 3.13. The Morgan fingerprint density at radius 2 is 1.74 bits per heavy atom. The van der Waals surface area contributed by atoms with Gasteiger partial charge in [-0.05, 0) is 79.1 Å². The molecule has 0 saturated heterocycles. The van der Waals surface area contributed by atoms with E-state index in [9.17, 15) is 13.2 Å². The summed E-state index contributed by atoms with van der Waals surface area (Å²) in [7, 11) is -3.97. The number of benzene rings is 3. The topological polar surface area (TPSA) is 88.1 Å². The smallest absolute Gasteiger partial charge is 0.264 e. The highest BCUT2D eigenvalue weighted by atomic mass is 32.2. The molecule has 176 valence electrons. The fourth-order valence-corrected chi connectivity index (χ4v) is 4.50. The number of hydrogen-bond donors (Lipinski definition) is 1. The first-order valence-corrected chi connectivity index (χ1v) is 12.1. The van der Waals surface area contributed by atoms with Gasteiger partial charge in [0.1, 0.15) is 18.9 Å². The Morgan fingerprint density at radius 3 is 2.38 bits per heavy atom. The number of aryl methyl sites for hydroxylation is 2. The maximum atomic E-state index is 13.4. The molecule has 0 aliphatic rings. The van der Waals surface area contributed by atoms with Crippen molar-refractivity contribution < 1.29 is 17.9 Å². The molecule has 34 heavy (non-hydrogen) atoms. The Hall–Kier alpha value is -3.91. The van der Waals surface area contributed by atoms with Crippen LogP contribution in [-0.4, -0.2) is 33.7 Å². The van der Waals surface area contributed by atoms with E-state index in [-0.39, 0.29) is 4.90 Å². The third-order valence-corrected chi connectivity index (χ3v) is 6.84. The number of rotatable bonds is 10. The predicted molar refractivity (Wildman–Crippen MR) is 135 cm³/mol. The van der Waals surface area contributed by atoms with E-state index >= 15 is 0 Å². The zero-order valence-electron chi connectivity index (χ0n) is 19.1. The summed E-state index contributed by atoms with van der Waals surface area (Å²) < 4.78 is 33.2. The van der Waals surface area contributed by atoms with Crippen molar-refractivity contribution in [3.63, 3.8) is 0 Å². The van der Waals surface area contributed by atoms with Gasteiger partial charge < -0.3 is 4.74 Å². The monoisotopic (exact) mass is 477 g/mol. The molecule has 1 N–H and O–H groups in total. The Bertz CT molecular complexity index is 1270. The van der Waals surface area contributed by atoms with Gasteiger partial charge in [0.15, 0.2) is 0 Å². The molecule has 7 nitrogen and oxygen atoms in total. The van der Waals surface area contributed by atoms with Crippen molar-refractivity contribution >= 4 is 27.8 Å². The van der Waals surface area contributed by atoms with Gasteiger partial charge in [-0.25, -0.2) is 13.8 Å². The molecule has 3 rings (SSSR count). The van der Waals surface area contributed by atoms with E-state index in [1.807, 2.05) is 19.9 Å². The maximum absolute atomic E-state index is 13.4. The van der Waals surface area contributed by atoms with E-state index in [0.717, 1.165) is 21.0 Å². The molecule has 0 heterocycles. The van der Waals surface area contributed by atoms with Crippen molar-refractivity contribution in [1.29, 1.82) is 0 Å². The molecule has 8 heteroatoms. The van der Waals surface area contributed by atoms with Crippen LogP contribution in [0.5, 0.6) is 5.75 Å². The average Bonchev–Trinajstić information content (AvgIpc) is 2.84. The molecule has 1 amide bonds. The lowest BCUT2D eigenvalue weighted by atomic mass is 10.1. The van der Waals surface area contributed by atoms with Crippen LogP contribution in [0.1, 0.15) is 16.7 Å². The molecular weight excluding hydrogens is 450 g/mol. The van der Waals surface area contributed by atoms with E-state index in [4.69, 9.17) is 4.74 Å². The number of carbonyl (C=O) groups is 1. The van der Waals surface area contributed by atoms with Crippen LogP contribution in [0, 0.1) is 13.8 Å². The van der Waals surface area contributed by atoms with Crippen molar-refractivity contribution in [2.45, 2.75) is 18.7 Å². The van der Waals surface area contributed by atoms with Crippen molar-refractivity contribution in [2.24, 2.45) is 5.10 Å². The summed E-state index contributed by atoms with van der Waals surface area (Å²) >= 11 is 0. The number of carbonyl (C=O) groups excluding carboxylic acids is 1. The number of amides is 1. The molecule has 0 aromatic heterocycles.